The molecule has 0 unspecified atom stereocenters. The van der Waals surface area contributed by atoms with Crippen LogP contribution in [0.1, 0.15) is 0 Å². The van der Waals surface area contributed by atoms with Crippen molar-refractivity contribution in [2.75, 3.05) is 18.6 Å². The molecular weight excluding hydrogens is 164 g/mol. The maximum atomic E-state index is 5.68. The first-order valence-electron chi connectivity index (χ1n) is 3.04. The first-order chi connectivity index (χ1) is 5.16. The van der Waals surface area contributed by atoms with Gasteiger partial charge in [0.05, 0.1) is 23.5 Å². The molecule has 4 N–H and O–H groups in total. The summed E-state index contributed by atoms with van der Waals surface area (Å²) in [5, 5.41) is 0.448. The van der Waals surface area contributed by atoms with E-state index in [2.05, 4.69) is 0 Å². The molecule has 0 bridgehead atoms. The minimum absolute atomic E-state index is 0.367. The number of methoxy groups -OCH3 is 1. The molecule has 0 atom stereocenters. The summed E-state index contributed by atoms with van der Waals surface area (Å²) in [4.78, 5) is 0. The van der Waals surface area contributed by atoms with E-state index < -0.39 is 0 Å². The summed E-state index contributed by atoms with van der Waals surface area (Å²) in [6.07, 6.45) is 0. The fourth-order valence-corrected chi connectivity index (χ4v) is 0.933. The molecule has 11 heavy (non-hydrogen) atoms. The third-order valence-corrected chi connectivity index (χ3v) is 1.74. The van der Waals surface area contributed by atoms with Gasteiger partial charge in [0, 0.05) is 0 Å². The van der Waals surface area contributed by atoms with Gasteiger partial charge in [0.2, 0.25) is 0 Å². The molecule has 0 aliphatic rings. The lowest BCUT2D eigenvalue weighted by atomic mass is 10.2. The minimum atomic E-state index is 0.367. The van der Waals surface area contributed by atoms with E-state index in [1.54, 1.807) is 12.1 Å². The molecule has 4 heteroatoms. The van der Waals surface area contributed by atoms with Crippen molar-refractivity contribution in [1.82, 2.24) is 0 Å². The maximum Gasteiger partial charge on any atom is 0.143 e. The Kier molecular flexibility index (Phi) is 2.10. The van der Waals surface area contributed by atoms with E-state index in [9.17, 15) is 0 Å². The van der Waals surface area contributed by atoms with Crippen LogP contribution in [0.3, 0.4) is 0 Å². The maximum absolute atomic E-state index is 5.68. The Labute approximate surface area is 69.9 Å². The van der Waals surface area contributed by atoms with Gasteiger partial charge in [-0.15, -0.1) is 0 Å². The van der Waals surface area contributed by atoms with Gasteiger partial charge in [-0.05, 0) is 12.1 Å². The molecule has 1 rings (SSSR count). The molecule has 0 fully saturated rings. The zero-order valence-corrected chi connectivity index (χ0v) is 6.85. The van der Waals surface area contributed by atoms with Crippen LogP contribution in [0.4, 0.5) is 11.4 Å². The van der Waals surface area contributed by atoms with Crippen LogP contribution in [0.25, 0.3) is 0 Å². The first kappa shape index (κ1) is 8.01. The van der Waals surface area contributed by atoms with Crippen molar-refractivity contribution in [1.29, 1.82) is 0 Å². The van der Waals surface area contributed by atoms with Crippen molar-refractivity contribution in [2.24, 2.45) is 0 Å². The van der Waals surface area contributed by atoms with E-state index >= 15 is 0 Å². The van der Waals surface area contributed by atoms with Gasteiger partial charge in [-0.3, -0.25) is 0 Å². The molecule has 1 aromatic carbocycles. The molecule has 0 aliphatic carbocycles. The van der Waals surface area contributed by atoms with E-state index in [4.69, 9.17) is 27.8 Å². The zero-order chi connectivity index (χ0) is 8.43. The Bertz CT molecular complexity index is 275. The standard InChI is InChI=1S/C7H9ClN2O/c1-11-5-3-2-4(8)6(9)7(5)10/h2-3H,9-10H2,1H3. The molecule has 0 heterocycles. The fraction of sp³-hybridized carbons (Fsp3) is 0.143. The highest BCUT2D eigenvalue weighted by Gasteiger charge is 2.05. The zero-order valence-electron chi connectivity index (χ0n) is 6.10. The Morgan fingerprint density at radius 2 is 1.91 bits per heavy atom. The van der Waals surface area contributed by atoms with Crippen LogP contribution in [-0.4, -0.2) is 7.11 Å². The molecule has 0 amide bonds. The average molecular weight is 173 g/mol. The summed E-state index contributed by atoms with van der Waals surface area (Å²) < 4.78 is 4.92. The summed E-state index contributed by atoms with van der Waals surface area (Å²) in [5.74, 6) is 0.548. The molecule has 60 valence electrons. The molecule has 3 nitrogen and oxygen atoms in total. The summed E-state index contributed by atoms with van der Waals surface area (Å²) in [6, 6.07) is 3.32. The van der Waals surface area contributed by atoms with Crippen LogP contribution < -0.4 is 16.2 Å². The second-order valence-corrected chi connectivity index (χ2v) is 2.48. The Morgan fingerprint density at radius 1 is 1.27 bits per heavy atom. The third kappa shape index (κ3) is 1.33. The van der Waals surface area contributed by atoms with Crippen molar-refractivity contribution in [3.63, 3.8) is 0 Å². The number of rotatable bonds is 1. The highest BCUT2D eigenvalue weighted by Crippen LogP contribution is 2.32. The number of benzene rings is 1. The second-order valence-electron chi connectivity index (χ2n) is 2.08. The lowest BCUT2D eigenvalue weighted by Crippen LogP contribution is -1.98. The van der Waals surface area contributed by atoms with E-state index in [0.717, 1.165) is 0 Å². The van der Waals surface area contributed by atoms with Gasteiger partial charge in [0.15, 0.2) is 0 Å². The molecule has 0 spiro atoms. The van der Waals surface area contributed by atoms with E-state index in [1.165, 1.54) is 7.11 Å². The second kappa shape index (κ2) is 2.88. The Morgan fingerprint density at radius 3 is 2.45 bits per heavy atom. The molecular formula is C7H9ClN2O. The van der Waals surface area contributed by atoms with Crippen LogP contribution in [0, 0.1) is 0 Å². The lowest BCUT2D eigenvalue weighted by molar-refractivity contribution is 0.417. The summed E-state index contributed by atoms with van der Waals surface area (Å²) >= 11 is 5.68. The van der Waals surface area contributed by atoms with Gasteiger partial charge in [-0.2, -0.15) is 0 Å². The molecule has 0 aliphatic heterocycles. The predicted molar refractivity (Wildman–Crippen MR) is 46.8 cm³/mol. The van der Waals surface area contributed by atoms with Crippen LogP contribution in [-0.2, 0) is 0 Å². The average Bonchev–Trinajstić information content (AvgIpc) is 2.01. The summed E-state index contributed by atoms with van der Waals surface area (Å²) in [7, 11) is 1.53. The largest absolute Gasteiger partial charge is 0.495 e. The van der Waals surface area contributed by atoms with Crippen molar-refractivity contribution in [3.8, 4) is 5.75 Å². The number of hydrogen-bond acceptors (Lipinski definition) is 3. The molecule has 0 saturated carbocycles. The topological polar surface area (TPSA) is 61.3 Å². The number of nitrogen functional groups attached to an aromatic ring is 2. The number of anilines is 2. The van der Waals surface area contributed by atoms with Gasteiger partial charge < -0.3 is 16.2 Å². The van der Waals surface area contributed by atoms with E-state index in [0.29, 0.717) is 22.1 Å². The SMILES string of the molecule is COc1ccc(Cl)c(N)c1N. The fourth-order valence-electron chi connectivity index (χ4n) is 0.768. The van der Waals surface area contributed by atoms with Gasteiger partial charge in [0.1, 0.15) is 5.75 Å². The molecule has 0 saturated heterocycles. The smallest absolute Gasteiger partial charge is 0.143 e. The van der Waals surface area contributed by atoms with Crippen LogP contribution in [0.15, 0.2) is 12.1 Å². The third-order valence-electron chi connectivity index (χ3n) is 1.41. The summed E-state index contributed by atoms with van der Waals surface area (Å²) in [5.41, 5.74) is 11.8. The van der Waals surface area contributed by atoms with E-state index in [1.807, 2.05) is 0 Å². The van der Waals surface area contributed by atoms with Crippen molar-refractivity contribution in [3.05, 3.63) is 17.2 Å². The Balaban J connectivity index is 3.25. The van der Waals surface area contributed by atoms with Crippen LogP contribution >= 0.6 is 11.6 Å². The molecule has 0 radical (unpaired) electrons. The first-order valence-corrected chi connectivity index (χ1v) is 3.42. The highest BCUT2D eigenvalue weighted by atomic mass is 35.5. The quantitative estimate of drug-likeness (QED) is 0.632. The summed E-state index contributed by atoms with van der Waals surface area (Å²) in [6.45, 7) is 0. The monoisotopic (exact) mass is 172 g/mol. The van der Waals surface area contributed by atoms with Gasteiger partial charge >= 0.3 is 0 Å². The Hall–Kier alpha value is -1.09. The van der Waals surface area contributed by atoms with Gasteiger partial charge in [-0.1, -0.05) is 11.6 Å². The van der Waals surface area contributed by atoms with Crippen LogP contribution in [0.5, 0.6) is 5.75 Å². The normalized spacial score (nSPS) is 9.64. The molecule has 1 aromatic rings. The van der Waals surface area contributed by atoms with Crippen LogP contribution in [0.2, 0.25) is 5.02 Å². The van der Waals surface area contributed by atoms with Crippen molar-refractivity contribution in [2.45, 2.75) is 0 Å². The van der Waals surface area contributed by atoms with E-state index in [-0.39, 0.29) is 0 Å². The minimum Gasteiger partial charge on any atom is -0.495 e. The van der Waals surface area contributed by atoms with Gasteiger partial charge in [0.25, 0.3) is 0 Å². The predicted octanol–water partition coefficient (Wildman–Crippen LogP) is 1.51. The molecule has 0 aromatic heterocycles. The number of ether oxygens (including phenoxy) is 1. The number of hydrogen-bond donors (Lipinski definition) is 2. The highest BCUT2D eigenvalue weighted by molar-refractivity contribution is 6.33. The number of halogens is 1. The van der Waals surface area contributed by atoms with Crippen molar-refractivity contribution < 1.29 is 4.74 Å². The number of nitrogens with two attached hydrogens (primary N) is 2. The lowest BCUT2D eigenvalue weighted by Gasteiger charge is -2.07. The van der Waals surface area contributed by atoms with Crippen molar-refractivity contribution >= 4 is 23.0 Å². The van der Waals surface area contributed by atoms with Gasteiger partial charge in [-0.25, -0.2) is 0 Å².